The van der Waals surface area contributed by atoms with Crippen LogP contribution in [-0.4, -0.2) is 30.8 Å². The molecule has 0 amide bonds. The van der Waals surface area contributed by atoms with Crippen LogP contribution in [0.5, 0.6) is 5.75 Å². The average molecular weight is 301 g/mol. The number of methoxy groups -OCH3 is 1. The summed E-state index contributed by atoms with van der Waals surface area (Å²) in [5.41, 5.74) is 1.41. The second-order valence-electron chi connectivity index (χ2n) is 6.05. The van der Waals surface area contributed by atoms with E-state index in [-0.39, 0.29) is 17.5 Å². The maximum absolute atomic E-state index is 12.3. The highest BCUT2D eigenvalue weighted by molar-refractivity contribution is 6.14. The van der Waals surface area contributed by atoms with Crippen molar-refractivity contribution in [3.63, 3.8) is 0 Å². The molecule has 1 aliphatic carbocycles. The molecule has 4 heteroatoms. The SMILES string of the molecule is COc1ccc(C2CC(=O)C(C=NCC(C)C)=C(O)C2)cc1. The predicted molar refractivity (Wildman–Crippen MR) is 87.8 cm³/mol. The van der Waals surface area contributed by atoms with Gasteiger partial charge in [-0.3, -0.25) is 9.79 Å². The number of rotatable bonds is 5. The molecule has 1 aliphatic rings. The minimum Gasteiger partial charge on any atom is -0.511 e. The third kappa shape index (κ3) is 3.97. The number of ether oxygens (including phenoxy) is 1. The van der Waals surface area contributed by atoms with Crippen LogP contribution in [0.1, 0.15) is 38.2 Å². The van der Waals surface area contributed by atoms with Crippen LogP contribution in [0.4, 0.5) is 0 Å². The number of allylic oxidation sites excluding steroid dienone is 2. The zero-order valence-corrected chi connectivity index (χ0v) is 13.4. The molecule has 0 fully saturated rings. The van der Waals surface area contributed by atoms with Crippen molar-refractivity contribution in [1.29, 1.82) is 0 Å². The van der Waals surface area contributed by atoms with Crippen molar-refractivity contribution >= 4 is 12.0 Å². The Bertz CT molecular complexity index is 585. The molecule has 2 rings (SSSR count). The van der Waals surface area contributed by atoms with Crippen LogP contribution in [0.3, 0.4) is 0 Å². The van der Waals surface area contributed by atoms with Crippen molar-refractivity contribution in [1.82, 2.24) is 0 Å². The standard InChI is InChI=1S/C18H23NO3/c1-12(2)10-19-11-16-17(20)8-14(9-18(16)21)13-4-6-15(22-3)7-5-13/h4-7,11-12,14,20H,8-10H2,1-3H3. The molecule has 1 N–H and O–H groups in total. The van der Waals surface area contributed by atoms with Crippen molar-refractivity contribution < 1.29 is 14.6 Å². The lowest BCUT2D eigenvalue weighted by atomic mass is 9.83. The van der Waals surface area contributed by atoms with Crippen LogP contribution in [0.15, 0.2) is 40.6 Å². The monoisotopic (exact) mass is 301 g/mol. The van der Waals surface area contributed by atoms with E-state index in [2.05, 4.69) is 18.8 Å². The summed E-state index contributed by atoms with van der Waals surface area (Å²) in [4.78, 5) is 16.5. The van der Waals surface area contributed by atoms with Gasteiger partial charge in [0.1, 0.15) is 11.5 Å². The van der Waals surface area contributed by atoms with Gasteiger partial charge in [0.25, 0.3) is 0 Å². The highest BCUT2D eigenvalue weighted by atomic mass is 16.5. The zero-order valence-electron chi connectivity index (χ0n) is 13.4. The first-order valence-corrected chi connectivity index (χ1v) is 7.60. The van der Waals surface area contributed by atoms with E-state index >= 15 is 0 Å². The molecule has 1 aromatic carbocycles. The fraction of sp³-hybridized carbons (Fsp3) is 0.444. The Morgan fingerprint density at radius 1 is 1.32 bits per heavy atom. The van der Waals surface area contributed by atoms with Gasteiger partial charge in [0, 0.05) is 25.6 Å². The summed E-state index contributed by atoms with van der Waals surface area (Å²) in [6.45, 7) is 4.79. The maximum Gasteiger partial charge on any atom is 0.168 e. The molecular formula is C18H23NO3. The van der Waals surface area contributed by atoms with Crippen molar-refractivity contribution in [2.24, 2.45) is 10.9 Å². The number of aliphatic hydroxyl groups is 1. The number of nitrogens with zero attached hydrogens (tertiary/aromatic N) is 1. The van der Waals surface area contributed by atoms with E-state index in [0.717, 1.165) is 11.3 Å². The highest BCUT2D eigenvalue weighted by Crippen LogP contribution is 2.33. The van der Waals surface area contributed by atoms with Crippen molar-refractivity contribution in [3.8, 4) is 5.75 Å². The third-order valence-electron chi connectivity index (χ3n) is 3.76. The molecule has 0 aromatic heterocycles. The van der Waals surface area contributed by atoms with Crippen molar-refractivity contribution in [2.45, 2.75) is 32.6 Å². The molecule has 118 valence electrons. The van der Waals surface area contributed by atoms with Gasteiger partial charge in [0.05, 0.1) is 12.7 Å². The second kappa shape index (κ2) is 7.25. The van der Waals surface area contributed by atoms with Crippen LogP contribution in [0.2, 0.25) is 0 Å². The fourth-order valence-electron chi connectivity index (χ4n) is 2.52. The van der Waals surface area contributed by atoms with Crippen LogP contribution < -0.4 is 4.74 Å². The van der Waals surface area contributed by atoms with E-state index < -0.39 is 0 Å². The molecule has 4 nitrogen and oxygen atoms in total. The van der Waals surface area contributed by atoms with Gasteiger partial charge < -0.3 is 9.84 Å². The Labute approximate surface area is 131 Å². The summed E-state index contributed by atoms with van der Waals surface area (Å²) < 4.78 is 5.14. The summed E-state index contributed by atoms with van der Waals surface area (Å²) in [7, 11) is 1.62. The summed E-state index contributed by atoms with van der Waals surface area (Å²) >= 11 is 0. The molecule has 0 spiro atoms. The van der Waals surface area contributed by atoms with E-state index in [1.807, 2.05) is 24.3 Å². The Hall–Kier alpha value is -2.10. The number of Topliss-reactive ketones (excluding diaryl/α,β-unsaturated/α-hetero) is 1. The molecule has 1 atom stereocenters. The van der Waals surface area contributed by atoms with Crippen LogP contribution >= 0.6 is 0 Å². The number of benzene rings is 1. The number of ketones is 1. The molecule has 0 radical (unpaired) electrons. The predicted octanol–water partition coefficient (Wildman–Crippen LogP) is 3.68. The third-order valence-corrected chi connectivity index (χ3v) is 3.76. The summed E-state index contributed by atoms with van der Waals surface area (Å²) in [5.74, 6) is 1.33. The molecule has 0 aliphatic heterocycles. The van der Waals surface area contributed by atoms with E-state index in [0.29, 0.717) is 30.9 Å². The summed E-state index contributed by atoms with van der Waals surface area (Å²) in [5, 5.41) is 10.2. The van der Waals surface area contributed by atoms with Gasteiger partial charge in [-0.15, -0.1) is 0 Å². The lowest BCUT2D eigenvalue weighted by Crippen LogP contribution is -2.19. The molecule has 0 heterocycles. The topological polar surface area (TPSA) is 58.9 Å². The Balaban J connectivity index is 2.12. The molecule has 22 heavy (non-hydrogen) atoms. The van der Waals surface area contributed by atoms with Crippen LogP contribution in [0.25, 0.3) is 0 Å². The number of aliphatic hydroxyl groups excluding tert-OH is 1. The average Bonchev–Trinajstić information content (AvgIpc) is 2.49. The lowest BCUT2D eigenvalue weighted by Gasteiger charge is -2.22. The smallest absolute Gasteiger partial charge is 0.168 e. The molecule has 0 saturated carbocycles. The van der Waals surface area contributed by atoms with E-state index in [1.165, 1.54) is 6.21 Å². The number of hydrogen-bond acceptors (Lipinski definition) is 4. The Kier molecular flexibility index (Phi) is 5.36. The number of hydrogen-bond donors (Lipinski definition) is 1. The minimum absolute atomic E-state index is 0.0145. The minimum atomic E-state index is -0.0444. The highest BCUT2D eigenvalue weighted by Gasteiger charge is 2.27. The lowest BCUT2D eigenvalue weighted by molar-refractivity contribution is -0.116. The quantitative estimate of drug-likeness (QED) is 0.844. The first-order valence-electron chi connectivity index (χ1n) is 7.60. The van der Waals surface area contributed by atoms with Gasteiger partial charge in [-0.1, -0.05) is 26.0 Å². The fourth-order valence-corrected chi connectivity index (χ4v) is 2.52. The zero-order chi connectivity index (χ0) is 16.1. The Morgan fingerprint density at radius 3 is 2.55 bits per heavy atom. The summed E-state index contributed by atoms with van der Waals surface area (Å²) in [6.07, 6.45) is 2.41. The maximum atomic E-state index is 12.3. The van der Waals surface area contributed by atoms with Gasteiger partial charge in [-0.2, -0.15) is 0 Å². The number of carbonyl (C=O) groups excluding carboxylic acids is 1. The molecule has 0 saturated heterocycles. The van der Waals surface area contributed by atoms with E-state index in [9.17, 15) is 9.90 Å². The van der Waals surface area contributed by atoms with Crippen LogP contribution in [-0.2, 0) is 4.79 Å². The first kappa shape index (κ1) is 16.3. The van der Waals surface area contributed by atoms with E-state index in [4.69, 9.17) is 4.74 Å². The molecular weight excluding hydrogens is 278 g/mol. The van der Waals surface area contributed by atoms with Crippen LogP contribution in [0, 0.1) is 5.92 Å². The van der Waals surface area contributed by atoms with Crippen molar-refractivity contribution in [3.05, 3.63) is 41.2 Å². The molecule has 1 unspecified atom stereocenters. The van der Waals surface area contributed by atoms with Gasteiger partial charge >= 0.3 is 0 Å². The first-order chi connectivity index (χ1) is 10.5. The molecule has 0 bridgehead atoms. The van der Waals surface area contributed by atoms with E-state index in [1.54, 1.807) is 7.11 Å². The number of aliphatic imine (C=N–C) groups is 1. The van der Waals surface area contributed by atoms with Gasteiger partial charge in [0.15, 0.2) is 5.78 Å². The van der Waals surface area contributed by atoms with Gasteiger partial charge in [-0.05, 0) is 29.5 Å². The van der Waals surface area contributed by atoms with Gasteiger partial charge in [0.2, 0.25) is 0 Å². The summed E-state index contributed by atoms with van der Waals surface area (Å²) in [6, 6.07) is 7.64. The second-order valence-corrected chi connectivity index (χ2v) is 6.05. The molecule has 1 aromatic rings. The number of carbonyl (C=O) groups is 1. The van der Waals surface area contributed by atoms with Gasteiger partial charge in [-0.25, -0.2) is 0 Å². The normalized spacial score (nSPS) is 19.3. The van der Waals surface area contributed by atoms with Crippen molar-refractivity contribution in [2.75, 3.05) is 13.7 Å². The Morgan fingerprint density at radius 2 is 2.00 bits per heavy atom. The largest absolute Gasteiger partial charge is 0.511 e.